The number of rotatable bonds is 2. The monoisotopic (exact) mass is 398 g/mol. The molecule has 1 aliphatic rings. The highest BCUT2D eigenvalue weighted by Gasteiger charge is 2.37. The van der Waals surface area contributed by atoms with Gasteiger partial charge in [0.15, 0.2) is 0 Å². The number of benzene rings is 2. The molecular formula is C21H19ClN2O4. The Morgan fingerprint density at radius 3 is 2.57 bits per heavy atom. The third-order valence-corrected chi connectivity index (χ3v) is 5.38. The Morgan fingerprint density at radius 1 is 1.14 bits per heavy atom. The van der Waals surface area contributed by atoms with Crippen LogP contribution in [0.5, 0.6) is 5.75 Å². The minimum absolute atomic E-state index is 0.400. The second-order valence-corrected chi connectivity index (χ2v) is 7.06. The Balaban J connectivity index is 1.88. The van der Waals surface area contributed by atoms with Crippen molar-refractivity contribution in [2.75, 3.05) is 20.8 Å². The number of ether oxygens (including phenoxy) is 2. The lowest BCUT2D eigenvalue weighted by Gasteiger charge is -2.35. The topological polar surface area (TPSA) is 71.6 Å². The predicted molar refractivity (Wildman–Crippen MR) is 106 cm³/mol. The molecular weight excluding hydrogens is 380 g/mol. The Hall–Kier alpha value is -2.99. The number of nitrogens with zero attached hydrogens (tertiary/aromatic N) is 1. The van der Waals surface area contributed by atoms with Crippen molar-refractivity contribution in [3.63, 3.8) is 0 Å². The molecule has 0 aliphatic carbocycles. The van der Waals surface area contributed by atoms with E-state index in [0.717, 1.165) is 27.7 Å². The zero-order valence-electron chi connectivity index (χ0n) is 15.5. The molecule has 1 unspecified atom stereocenters. The second-order valence-electron chi connectivity index (χ2n) is 6.62. The maximum Gasteiger partial charge on any atom is 0.396 e. The maximum atomic E-state index is 12.7. The smallest absolute Gasteiger partial charge is 0.396 e. The van der Waals surface area contributed by atoms with E-state index < -0.39 is 17.9 Å². The van der Waals surface area contributed by atoms with E-state index in [9.17, 15) is 9.59 Å². The first-order chi connectivity index (χ1) is 13.5. The fourth-order valence-corrected chi connectivity index (χ4v) is 3.99. The van der Waals surface area contributed by atoms with Crippen molar-refractivity contribution in [2.24, 2.45) is 0 Å². The van der Waals surface area contributed by atoms with Gasteiger partial charge in [0.25, 0.3) is 0 Å². The lowest BCUT2D eigenvalue weighted by molar-refractivity contribution is -0.159. The molecule has 1 amide bonds. The fraction of sp³-hybridized carbons (Fsp3) is 0.238. The average Bonchev–Trinajstić information content (AvgIpc) is 3.09. The summed E-state index contributed by atoms with van der Waals surface area (Å²) in [5.74, 6) is -0.819. The van der Waals surface area contributed by atoms with E-state index in [0.29, 0.717) is 23.7 Å². The van der Waals surface area contributed by atoms with Crippen LogP contribution in [0.1, 0.15) is 22.9 Å². The number of amides is 1. The molecule has 0 saturated carbocycles. The molecule has 7 heteroatoms. The highest BCUT2D eigenvalue weighted by molar-refractivity contribution is 6.32. The molecule has 2 aromatic carbocycles. The van der Waals surface area contributed by atoms with Gasteiger partial charge in [0, 0.05) is 28.2 Å². The highest BCUT2D eigenvalue weighted by atomic mass is 35.5. The molecule has 28 heavy (non-hydrogen) atoms. The molecule has 1 N–H and O–H groups in total. The van der Waals surface area contributed by atoms with Gasteiger partial charge in [0.2, 0.25) is 0 Å². The average molecular weight is 399 g/mol. The minimum Gasteiger partial charge on any atom is -0.497 e. The largest absolute Gasteiger partial charge is 0.497 e. The molecule has 2 heterocycles. The number of methoxy groups -OCH3 is 2. The summed E-state index contributed by atoms with van der Waals surface area (Å²) in [6, 6.07) is 12.7. The molecule has 0 bridgehead atoms. The normalized spacial score (nSPS) is 16.0. The number of esters is 1. The first-order valence-corrected chi connectivity index (χ1v) is 9.24. The van der Waals surface area contributed by atoms with Crippen molar-refractivity contribution < 1.29 is 19.1 Å². The number of aromatic nitrogens is 1. The van der Waals surface area contributed by atoms with Gasteiger partial charge < -0.3 is 19.4 Å². The highest BCUT2D eigenvalue weighted by Crippen LogP contribution is 2.39. The number of aromatic amines is 1. The fourth-order valence-electron chi connectivity index (χ4n) is 3.82. The number of H-pyrrole nitrogens is 1. The third kappa shape index (κ3) is 2.99. The number of carbonyl (C=O) groups is 2. The van der Waals surface area contributed by atoms with E-state index in [1.807, 2.05) is 42.5 Å². The van der Waals surface area contributed by atoms with Crippen LogP contribution in [0.3, 0.4) is 0 Å². The molecule has 1 aliphatic heterocycles. The molecule has 4 rings (SSSR count). The maximum absolute atomic E-state index is 12.7. The van der Waals surface area contributed by atoms with Crippen molar-refractivity contribution in [1.82, 2.24) is 9.88 Å². The van der Waals surface area contributed by atoms with Gasteiger partial charge in [-0.15, -0.1) is 0 Å². The van der Waals surface area contributed by atoms with Crippen molar-refractivity contribution >= 4 is 34.4 Å². The van der Waals surface area contributed by atoms with Gasteiger partial charge in [-0.2, -0.15) is 0 Å². The van der Waals surface area contributed by atoms with E-state index in [1.165, 1.54) is 7.11 Å². The van der Waals surface area contributed by atoms with Crippen LogP contribution in [0, 0.1) is 0 Å². The number of nitrogens with one attached hydrogen (secondary N) is 1. The van der Waals surface area contributed by atoms with Gasteiger partial charge in [0.1, 0.15) is 5.75 Å². The van der Waals surface area contributed by atoms with Gasteiger partial charge in [-0.05, 0) is 47.9 Å². The molecule has 6 nitrogen and oxygen atoms in total. The Morgan fingerprint density at radius 2 is 1.89 bits per heavy atom. The summed E-state index contributed by atoms with van der Waals surface area (Å²) < 4.78 is 9.91. The van der Waals surface area contributed by atoms with Crippen molar-refractivity contribution in [1.29, 1.82) is 0 Å². The van der Waals surface area contributed by atoms with E-state index >= 15 is 0 Å². The second kappa shape index (κ2) is 7.20. The third-order valence-electron chi connectivity index (χ3n) is 5.14. The zero-order chi connectivity index (χ0) is 19.8. The van der Waals surface area contributed by atoms with E-state index in [2.05, 4.69) is 9.72 Å². The summed E-state index contributed by atoms with van der Waals surface area (Å²) >= 11 is 6.19. The van der Waals surface area contributed by atoms with Gasteiger partial charge in [-0.3, -0.25) is 4.79 Å². The van der Waals surface area contributed by atoms with Crippen molar-refractivity contribution in [2.45, 2.75) is 12.5 Å². The van der Waals surface area contributed by atoms with Crippen LogP contribution in [-0.4, -0.2) is 42.5 Å². The van der Waals surface area contributed by atoms with Crippen LogP contribution < -0.4 is 4.74 Å². The Bertz CT molecular complexity index is 1060. The number of fused-ring (bicyclic) bond motifs is 3. The molecule has 0 fully saturated rings. The SMILES string of the molecule is COC(=O)C(=O)N1CCc2c([nH]c3ccc(Cl)cc23)C1c1ccc(OC)cc1. The van der Waals surface area contributed by atoms with Crippen LogP contribution in [0.4, 0.5) is 0 Å². The molecule has 0 saturated heterocycles. The molecule has 0 spiro atoms. The molecule has 3 aromatic rings. The molecule has 0 radical (unpaired) electrons. The van der Waals surface area contributed by atoms with Crippen LogP contribution in [0.15, 0.2) is 42.5 Å². The minimum atomic E-state index is -0.874. The van der Waals surface area contributed by atoms with Crippen LogP contribution in [0.2, 0.25) is 5.02 Å². The van der Waals surface area contributed by atoms with Gasteiger partial charge in [0.05, 0.1) is 20.3 Å². The summed E-state index contributed by atoms with van der Waals surface area (Å²) in [7, 11) is 2.81. The summed E-state index contributed by atoms with van der Waals surface area (Å²) in [6.45, 7) is 0.400. The number of carbonyl (C=O) groups excluding carboxylic acids is 2. The predicted octanol–water partition coefficient (Wildman–Crippen LogP) is 3.48. The summed E-state index contributed by atoms with van der Waals surface area (Å²) in [5, 5.41) is 1.69. The van der Waals surface area contributed by atoms with E-state index in [-0.39, 0.29) is 0 Å². The summed E-state index contributed by atoms with van der Waals surface area (Å²) in [6.07, 6.45) is 0.616. The van der Waals surface area contributed by atoms with Crippen molar-refractivity contribution in [3.05, 3.63) is 64.3 Å². The van der Waals surface area contributed by atoms with Crippen LogP contribution >= 0.6 is 11.6 Å². The Kier molecular flexibility index (Phi) is 4.73. The molecule has 1 aromatic heterocycles. The van der Waals surface area contributed by atoms with Crippen LogP contribution in [0.25, 0.3) is 10.9 Å². The van der Waals surface area contributed by atoms with Crippen molar-refractivity contribution in [3.8, 4) is 5.75 Å². The number of hydrogen-bond acceptors (Lipinski definition) is 4. The summed E-state index contributed by atoms with van der Waals surface area (Å²) in [4.78, 5) is 29.6. The Labute approximate surface area is 167 Å². The van der Waals surface area contributed by atoms with E-state index in [4.69, 9.17) is 16.3 Å². The number of hydrogen-bond donors (Lipinski definition) is 1. The molecule has 144 valence electrons. The first-order valence-electron chi connectivity index (χ1n) is 8.86. The summed E-state index contributed by atoms with van der Waals surface area (Å²) in [5.41, 5.74) is 3.80. The van der Waals surface area contributed by atoms with Gasteiger partial charge in [-0.1, -0.05) is 23.7 Å². The standard InChI is InChI=1S/C21H19ClN2O4/c1-27-14-6-3-12(4-7-14)19-18-15(9-10-24(19)20(25)21(26)28-2)16-11-13(22)5-8-17(16)23-18/h3-8,11,19,23H,9-10H2,1-2H3. The van der Waals surface area contributed by atoms with Crippen LogP contribution in [-0.2, 0) is 20.7 Å². The zero-order valence-corrected chi connectivity index (χ0v) is 16.2. The molecule has 1 atom stereocenters. The quantitative estimate of drug-likeness (QED) is 0.530. The lowest BCUT2D eigenvalue weighted by atomic mass is 9.92. The van der Waals surface area contributed by atoms with Gasteiger partial charge >= 0.3 is 11.9 Å². The first kappa shape index (κ1) is 18.4. The van der Waals surface area contributed by atoms with E-state index in [1.54, 1.807) is 12.0 Å². The number of halogens is 1. The lowest BCUT2D eigenvalue weighted by Crippen LogP contribution is -2.44. The van der Waals surface area contributed by atoms with Gasteiger partial charge in [-0.25, -0.2) is 4.79 Å².